The third-order valence-electron chi connectivity index (χ3n) is 4.57. The number of hydrogen-bond donors (Lipinski definition) is 2. The van der Waals surface area contributed by atoms with Crippen LogP contribution in [0.2, 0.25) is 5.02 Å². The van der Waals surface area contributed by atoms with Gasteiger partial charge in [0.15, 0.2) is 0 Å². The lowest BCUT2D eigenvalue weighted by atomic mass is 10.1. The highest BCUT2D eigenvalue weighted by Gasteiger charge is 2.25. The molecule has 28 heavy (non-hydrogen) atoms. The van der Waals surface area contributed by atoms with Gasteiger partial charge in [0.2, 0.25) is 5.91 Å². The number of carbonyl (C=O) groups excluding carboxylic acids is 2. The molecule has 2 amide bonds. The Kier molecular flexibility index (Phi) is 6.65. The Morgan fingerprint density at radius 1 is 1.18 bits per heavy atom. The first-order valence-electron chi connectivity index (χ1n) is 9.25. The van der Waals surface area contributed by atoms with Crippen LogP contribution in [0.5, 0.6) is 0 Å². The van der Waals surface area contributed by atoms with E-state index in [0.29, 0.717) is 34.9 Å². The van der Waals surface area contributed by atoms with Gasteiger partial charge in [-0.15, -0.1) is 0 Å². The predicted molar refractivity (Wildman–Crippen MR) is 108 cm³/mol. The monoisotopic (exact) mass is 403 g/mol. The Morgan fingerprint density at radius 3 is 2.64 bits per heavy atom. The molecular weight excluding hydrogens is 381 g/mol. The number of carbonyl (C=O) groups is 2. The summed E-state index contributed by atoms with van der Waals surface area (Å²) in [6, 6.07) is 11.8. The topological polar surface area (TPSA) is 61.4 Å². The number of anilines is 1. The quantitative estimate of drug-likeness (QED) is 0.704. The molecule has 3 rings (SSSR count). The van der Waals surface area contributed by atoms with Gasteiger partial charge in [0.05, 0.1) is 11.3 Å². The van der Waals surface area contributed by atoms with Crippen LogP contribution in [0.25, 0.3) is 0 Å². The fraction of sp³-hybridized carbons (Fsp3) is 0.333. The molecule has 0 radical (unpaired) electrons. The van der Waals surface area contributed by atoms with E-state index in [1.807, 2.05) is 4.90 Å². The molecule has 0 atom stereocenters. The molecule has 2 aromatic rings. The van der Waals surface area contributed by atoms with Gasteiger partial charge < -0.3 is 15.5 Å². The number of halogens is 2. The maximum Gasteiger partial charge on any atom is 0.253 e. The van der Waals surface area contributed by atoms with Crippen molar-refractivity contribution in [2.24, 2.45) is 0 Å². The Balaban J connectivity index is 1.54. The van der Waals surface area contributed by atoms with Crippen LogP contribution >= 0.6 is 11.6 Å². The van der Waals surface area contributed by atoms with E-state index in [1.165, 1.54) is 6.07 Å². The van der Waals surface area contributed by atoms with Crippen molar-refractivity contribution in [2.45, 2.75) is 31.8 Å². The minimum atomic E-state index is -0.362. The van der Waals surface area contributed by atoms with Crippen molar-refractivity contribution in [3.63, 3.8) is 0 Å². The molecule has 0 unspecified atom stereocenters. The zero-order chi connectivity index (χ0) is 20.1. The molecule has 0 saturated heterocycles. The number of para-hydroxylation sites is 1. The van der Waals surface area contributed by atoms with E-state index in [0.717, 1.165) is 12.8 Å². The molecule has 148 valence electrons. The molecule has 0 spiro atoms. The van der Waals surface area contributed by atoms with E-state index in [2.05, 4.69) is 10.6 Å². The Hall–Kier alpha value is -2.44. The van der Waals surface area contributed by atoms with Crippen LogP contribution in [-0.2, 0) is 11.3 Å². The fourth-order valence-electron chi connectivity index (χ4n) is 2.82. The second-order valence-corrected chi connectivity index (χ2v) is 7.44. The van der Waals surface area contributed by atoms with Crippen molar-refractivity contribution >= 4 is 29.1 Å². The van der Waals surface area contributed by atoms with Crippen LogP contribution in [0.1, 0.15) is 35.2 Å². The molecule has 5 nitrogen and oxygen atoms in total. The van der Waals surface area contributed by atoms with Crippen LogP contribution in [0.4, 0.5) is 10.1 Å². The first-order valence-corrected chi connectivity index (χ1v) is 9.63. The number of hydrogen-bond acceptors (Lipinski definition) is 3. The molecule has 2 N–H and O–H groups in total. The average Bonchev–Trinajstić information content (AvgIpc) is 3.47. The molecule has 1 aliphatic carbocycles. The molecule has 1 aliphatic rings. The summed E-state index contributed by atoms with van der Waals surface area (Å²) in [7, 11) is 1.80. The lowest BCUT2D eigenvalue weighted by molar-refractivity contribution is -0.116. The lowest BCUT2D eigenvalue weighted by Gasteiger charge is -2.18. The zero-order valence-corrected chi connectivity index (χ0v) is 16.4. The molecule has 7 heteroatoms. The summed E-state index contributed by atoms with van der Waals surface area (Å²) in [6.07, 6.45) is 2.21. The van der Waals surface area contributed by atoms with Crippen LogP contribution < -0.4 is 10.6 Å². The number of nitrogens with zero attached hydrogens (tertiary/aromatic N) is 1. The summed E-state index contributed by atoms with van der Waals surface area (Å²) in [4.78, 5) is 26.5. The van der Waals surface area contributed by atoms with E-state index < -0.39 is 0 Å². The molecule has 0 heterocycles. The van der Waals surface area contributed by atoms with Crippen molar-refractivity contribution < 1.29 is 14.0 Å². The first-order chi connectivity index (χ1) is 13.4. The van der Waals surface area contributed by atoms with Gasteiger partial charge in [0.25, 0.3) is 5.91 Å². The van der Waals surface area contributed by atoms with Gasteiger partial charge in [-0.25, -0.2) is 4.39 Å². The molecule has 2 aromatic carbocycles. The van der Waals surface area contributed by atoms with E-state index in [1.54, 1.807) is 43.4 Å². The highest BCUT2D eigenvalue weighted by Crippen LogP contribution is 2.22. The Morgan fingerprint density at radius 2 is 1.93 bits per heavy atom. The fourth-order valence-corrected chi connectivity index (χ4v) is 3.04. The standard InChI is InChI=1S/C21H23ClFN3O2/c1-26(13-16-17(22)6-4-7-18(16)23)12-11-20(27)25-19-8-3-2-5-15(19)21(28)24-14-9-10-14/h2-8,14H,9-13H2,1H3,(H,24,28)(H,25,27). The maximum absolute atomic E-state index is 13.9. The van der Waals surface area contributed by atoms with Crippen molar-refractivity contribution in [2.75, 3.05) is 18.9 Å². The smallest absolute Gasteiger partial charge is 0.253 e. The van der Waals surface area contributed by atoms with E-state index >= 15 is 0 Å². The summed E-state index contributed by atoms with van der Waals surface area (Å²) in [5, 5.41) is 6.09. The maximum atomic E-state index is 13.9. The van der Waals surface area contributed by atoms with Gasteiger partial charge in [-0.3, -0.25) is 9.59 Å². The molecule has 0 bridgehead atoms. The van der Waals surface area contributed by atoms with Gasteiger partial charge in [0, 0.05) is 36.1 Å². The van der Waals surface area contributed by atoms with Crippen molar-refractivity contribution in [3.05, 3.63) is 64.4 Å². The second-order valence-electron chi connectivity index (χ2n) is 7.03. The van der Waals surface area contributed by atoms with Crippen LogP contribution in [0, 0.1) is 5.82 Å². The molecule has 0 aliphatic heterocycles. The first kappa shape index (κ1) is 20.3. The summed E-state index contributed by atoms with van der Waals surface area (Å²) >= 11 is 6.05. The minimum Gasteiger partial charge on any atom is -0.349 e. The number of amides is 2. The van der Waals surface area contributed by atoms with Gasteiger partial charge in [-0.1, -0.05) is 29.8 Å². The summed E-state index contributed by atoms with van der Waals surface area (Å²) < 4.78 is 13.9. The zero-order valence-electron chi connectivity index (χ0n) is 15.7. The summed E-state index contributed by atoms with van der Waals surface area (Å²) in [5.41, 5.74) is 1.36. The normalized spacial score (nSPS) is 13.4. The van der Waals surface area contributed by atoms with Crippen molar-refractivity contribution in [3.8, 4) is 0 Å². The average molecular weight is 404 g/mol. The van der Waals surface area contributed by atoms with Crippen molar-refractivity contribution in [1.29, 1.82) is 0 Å². The van der Waals surface area contributed by atoms with Gasteiger partial charge in [0.1, 0.15) is 5.82 Å². The number of nitrogens with one attached hydrogen (secondary N) is 2. The highest BCUT2D eigenvalue weighted by molar-refractivity contribution is 6.31. The lowest BCUT2D eigenvalue weighted by Crippen LogP contribution is -2.28. The summed E-state index contributed by atoms with van der Waals surface area (Å²) in [5.74, 6) is -0.748. The van der Waals surface area contributed by atoms with Gasteiger partial charge in [-0.2, -0.15) is 0 Å². The van der Waals surface area contributed by atoms with E-state index in [9.17, 15) is 14.0 Å². The largest absolute Gasteiger partial charge is 0.349 e. The SMILES string of the molecule is CN(CCC(=O)Nc1ccccc1C(=O)NC1CC1)Cc1c(F)cccc1Cl. The second kappa shape index (κ2) is 9.17. The molecular formula is C21H23ClFN3O2. The summed E-state index contributed by atoms with van der Waals surface area (Å²) in [6.45, 7) is 0.728. The van der Waals surface area contributed by atoms with Gasteiger partial charge in [-0.05, 0) is 44.2 Å². The van der Waals surface area contributed by atoms with Crippen LogP contribution in [0.15, 0.2) is 42.5 Å². The Labute approximate surface area is 168 Å². The third-order valence-corrected chi connectivity index (χ3v) is 4.92. The van der Waals surface area contributed by atoms with Crippen molar-refractivity contribution in [1.82, 2.24) is 10.2 Å². The molecule has 0 aromatic heterocycles. The van der Waals surface area contributed by atoms with Crippen LogP contribution in [0.3, 0.4) is 0 Å². The predicted octanol–water partition coefficient (Wildman–Crippen LogP) is 3.83. The van der Waals surface area contributed by atoms with Crippen LogP contribution in [-0.4, -0.2) is 36.3 Å². The van der Waals surface area contributed by atoms with E-state index in [-0.39, 0.29) is 30.1 Å². The minimum absolute atomic E-state index is 0.176. The molecule has 1 fully saturated rings. The van der Waals surface area contributed by atoms with Gasteiger partial charge >= 0.3 is 0 Å². The number of benzene rings is 2. The number of rotatable bonds is 8. The highest BCUT2D eigenvalue weighted by atomic mass is 35.5. The molecule has 1 saturated carbocycles. The van der Waals surface area contributed by atoms with E-state index in [4.69, 9.17) is 11.6 Å². The third kappa shape index (κ3) is 5.53. The Bertz CT molecular complexity index is 850.